The van der Waals surface area contributed by atoms with Gasteiger partial charge in [0.05, 0.1) is 5.41 Å². The van der Waals surface area contributed by atoms with Gasteiger partial charge in [-0.25, -0.2) is 0 Å². The monoisotopic (exact) mass is 272 g/mol. The molecule has 0 aliphatic heterocycles. The summed E-state index contributed by atoms with van der Waals surface area (Å²) in [6, 6.07) is 0. The lowest BCUT2D eigenvalue weighted by molar-refractivity contribution is -0.151. The van der Waals surface area contributed by atoms with Crippen LogP contribution in [0.15, 0.2) is 0 Å². The minimum atomic E-state index is -1.16. The number of carboxylic acid groups (broad SMARTS) is 1. The maximum atomic E-state index is 12.0. The van der Waals surface area contributed by atoms with Gasteiger partial charge in [0.1, 0.15) is 5.92 Å². The van der Waals surface area contributed by atoms with Crippen LogP contribution in [-0.2, 0) is 14.4 Å². The molecule has 0 saturated heterocycles. The van der Waals surface area contributed by atoms with Gasteiger partial charge in [0.2, 0.25) is 11.8 Å². The van der Waals surface area contributed by atoms with E-state index in [9.17, 15) is 14.4 Å². The molecule has 3 N–H and O–H groups in total. The molecule has 0 fully saturated rings. The van der Waals surface area contributed by atoms with Gasteiger partial charge in [-0.1, -0.05) is 20.8 Å². The highest BCUT2D eigenvalue weighted by Gasteiger charge is 2.38. The topological polar surface area (TPSA) is 95.5 Å². The zero-order valence-electron chi connectivity index (χ0n) is 12.5. The predicted octanol–water partition coefficient (Wildman–Crippen LogP) is 0.622. The first-order valence-electron chi connectivity index (χ1n) is 6.16. The molecular weight excluding hydrogens is 248 g/mol. The van der Waals surface area contributed by atoms with Crippen molar-refractivity contribution in [1.82, 2.24) is 10.6 Å². The smallest absolute Gasteiger partial charge is 0.316 e. The van der Waals surface area contributed by atoms with Crippen LogP contribution < -0.4 is 10.6 Å². The average molecular weight is 272 g/mol. The first-order valence-corrected chi connectivity index (χ1v) is 6.16. The van der Waals surface area contributed by atoms with E-state index in [1.807, 2.05) is 0 Å². The molecule has 1 unspecified atom stereocenters. The third kappa shape index (κ3) is 4.89. The number of amides is 2. The summed E-state index contributed by atoms with van der Waals surface area (Å²) in [6.07, 6.45) is 0. The molecule has 0 aliphatic carbocycles. The molecule has 0 saturated carbocycles. The molecule has 0 aromatic rings. The van der Waals surface area contributed by atoms with Gasteiger partial charge in [-0.05, 0) is 19.3 Å². The molecule has 1 atom stereocenters. The van der Waals surface area contributed by atoms with Crippen LogP contribution in [0.2, 0.25) is 0 Å². The summed E-state index contributed by atoms with van der Waals surface area (Å²) in [7, 11) is 1.51. The molecule has 6 nitrogen and oxygen atoms in total. The van der Waals surface area contributed by atoms with Crippen molar-refractivity contribution >= 4 is 17.8 Å². The standard InChI is InChI=1S/C13H24N2O4/c1-12(2,3)8(10(17)18)9(16)15-7-13(4,5)11(19)14-6/h8H,7H2,1-6H3,(H,14,19)(H,15,16)(H,17,18). The molecule has 19 heavy (non-hydrogen) atoms. The van der Waals surface area contributed by atoms with Crippen LogP contribution in [-0.4, -0.2) is 36.5 Å². The second-order valence-electron chi connectivity index (χ2n) is 6.32. The number of hydrogen-bond donors (Lipinski definition) is 3. The zero-order valence-corrected chi connectivity index (χ0v) is 12.5. The predicted molar refractivity (Wildman–Crippen MR) is 71.4 cm³/mol. The van der Waals surface area contributed by atoms with Crippen LogP contribution in [0.25, 0.3) is 0 Å². The van der Waals surface area contributed by atoms with Gasteiger partial charge in [0.25, 0.3) is 0 Å². The Balaban J connectivity index is 4.78. The summed E-state index contributed by atoms with van der Waals surface area (Å²) >= 11 is 0. The maximum absolute atomic E-state index is 12.0. The SMILES string of the molecule is CNC(=O)C(C)(C)CNC(=O)C(C(=O)O)C(C)(C)C. The molecule has 2 amide bonds. The second-order valence-corrected chi connectivity index (χ2v) is 6.32. The van der Waals surface area contributed by atoms with E-state index in [2.05, 4.69) is 10.6 Å². The van der Waals surface area contributed by atoms with Gasteiger partial charge in [0.15, 0.2) is 0 Å². The first kappa shape index (κ1) is 17.4. The lowest BCUT2D eigenvalue weighted by Crippen LogP contribution is -2.48. The van der Waals surface area contributed by atoms with E-state index in [0.717, 1.165) is 0 Å². The lowest BCUT2D eigenvalue weighted by atomic mass is 9.80. The molecule has 0 bridgehead atoms. The molecule has 0 aliphatic rings. The highest BCUT2D eigenvalue weighted by atomic mass is 16.4. The van der Waals surface area contributed by atoms with Crippen LogP contribution >= 0.6 is 0 Å². The number of carbonyl (C=O) groups is 3. The van der Waals surface area contributed by atoms with E-state index in [1.54, 1.807) is 34.6 Å². The van der Waals surface area contributed by atoms with E-state index in [4.69, 9.17) is 5.11 Å². The molecule has 0 aromatic heterocycles. The van der Waals surface area contributed by atoms with Crippen LogP contribution in [0.4, 0.5) is 0 Å². The fraction of sp³-hybridized carbons (Fsp3) is 0.769. The van der Waals surface area contributed by atoms with Crippen molar-refractivity contribution in [3.63, 3.8) is 0 Å². The molecule has 0 rings (SSSR count). The number of nitrogens with one attached hydrogen (secondary N) is 2. The van der Waals surface area contributed by atoms with E-state index in [1.165, 1.54) is 7.05 Å². The van der Waals surface area contributed by atoms with Gasteiger partial charge < -0.3 is 15.7 Å². The van der Waals surface area contributed by atoms with Gasteiger partial charge >= 0.3 is 5.97 Å². The van der Waals surface area contributed by atoms with Crippen LogP contribution in [0.5, 0.6) is 0 Å². The summed E-state index contributed by atoms with van der Waals surface area (Å²) in [4.78, 5) is 34.7. The molecule has 6 heteroatoms. The number of carbonyl (C=O) groups excluding carboxylic acids is 2. The highest BCUT2D eigenvalue weighted by Crippen LogP contribution is 2.26. The minimum absolute atomic E-state index is 0.0887. The van der Waals surface area contributed by atoms with Crippen LogP contribution in [0.1, 0.15) is 34.6 Å². The van der Waals surface area contributed by atoms with Crippen LogP contribution in [0.3, 0.4) is 0 Å². The van der Waals surface area contributed by atoms with Crippen LogP contribution in [0, 0.1) is 16.7 Å². The van der Waals surface area contributed by atoms with Gasteiger partial charge in [0, 0.05) is 13.6 Å². The van der Waals surface area contributed by atoms with Crippen molar-refractivity contribution in [3.8, 4) is 0 Å². The Hall–Kier alpha value is -1.59. The molecule has 0 aromatic carbocycles. The second kappa shape index (κ2) is 6.04. The third-order valence-electron chi connectivity index (χ3n) is 2.92. The van der Waals surface area contributed by atoms with Crippen molar-refractivity contribution in [2.45, 2.75) is 34.6 Å². The fourth-order valence-electron chi connectivity index (χ4n) is 1.70. The average Bonchev–Trinajstić information content (AvgIpc) is 2.22. The number of aliphatic carboxylic acids is 1. The Labute approximate surface area is 113 Å². The normalized spacial score (nSPS) is 13.6. The Morgan fingerprint density at radius 3 is 1.89 bits per heavy atom. The lowest BCUT2D eigenvalue weighted by Gasteiger charge is -2.28. The number of carboxylic acids is 1. The Morgan fingerprint density at radius 2 is 1.58 bits per heavy atom. The fourth-order valence-corrected chi connectivity index (χ4v) is 1.70. The largest absolute Gasteiger partial charge is 0.481 e. The summed E-state index contributed by atoms with van der Waals surface area (Å²) < 4.78 is 0. The Bertz CT molecular complexity index is 369. The van der Waals surface area contributed by atoms with Gasteiger partial charge in [-0.3, -0.25) is 14.4 Å². The minimum Gasteiger partial charge on any atom is -0.481 e. The molecule has 0 radical (unpaired) electrons. The molecule has 0 heterocycles. The quantitative estimate of drug-likeness (QED) is 0.639. The third-order valence-corrected chi connectivity index (χ3v) is 2.92. The van der Waals surface area contributed by atoms with E-state index >= 15 is 0 Å². The summed E-state index contributed by atoms with van der Waals surface area (Å²) in [5, 5.41) is 14.2. The summed E-state index contributed by atoms with van der Waals surface area (Å²) in [5.41, 5.74) is -1.47. The molecule has 0 spiro atoms. The van der Waals surface area contributed by atoms with Gasteiger partial charge in [-0.2, -0.15) is 0 Å². The first-order chi connectivity index (χ1) is 8.43. The summed E-state index contributed by atoms with van der Waals surface area (Å²) in [6.45, 7) is 8.52. The molecule has 110 valence electrons. The van der Waals surface area contributed by atoms with Crippen molar-refractivity contribution in [2.75, 3.05) is 13.6 Å². The number of hydrogen-bond acceptors (Lipinski definition) is 3. The molecular formula is C13H24N2O4. The van der Waals surface area contributed by atoms with E-state index in [0.29, 0.717) is 0 Å². The highest BCUT2D eigenvalue weighted by molar-refractivity contribution is 5.98. The van der Waals surface area contributed by atoms with Crippen molar-refractivity contribution in [3.05, 3.63) is 0 Å². The van der Waals surface area contributed by atoms with Crippen molar-refractivity contribution in [2.24, 2.45) is 16.7 Å². The Morgan fingerprint density at radius 1 is 1.11 bits per heavy atom. The van der Waals surface area contributed by atoms with E-state index < -0.39 is 28.6 Å². The summed E-state index contributed by atoms with van der Waals surface area (Å²) in [5.74, 6) is -3.09. The maximum Gasteiger partial charge on any atom is 0.316 e. The van der Waals surface area contributed by atoms with Gasteiger partial charge in [-0.15, -0.1) is 0 Å². The van der Waals surface area contributed by atoms with Crippen molar-refractivity contribution < 1.29 is 19.5 Å². The zero-order chi connectivity index (χ0) is 15.4. The Kier molecular flexibility index (Phi) is 5.53. The van der Waals surface area contributed by atoms with Crippen molar-refractivity contribution in [1.29, 1.82) is 0 Å². The van der Waals surface area contributed by atoms with E-state index in [-0.39, 0.29) is 12.5 Å². The number of rotatable bonds is 5.